The van der Waals surface area contributed by atoms with Crippen LogP contribution >= 0.6 is 0 Å². The van der Waals surface area contributed by atoms with Crippen molar-refractivity contribution < 1.29 is 9.59 Å². The highest BCUT2D eigenvalue weighted by Crippen LogP contribution is 2.40. The van der Waals surface area contributed by atoms with Gasteiger partial charge in [0.1, 0.15) is 5.78 Å². The highest BCUT2D eigenvalue weighted by molar-refractivity contribution is 5.98. The van der Waals surface area contributed by atoms with Gasteiger partial charge in [0.15, 0.2) is 5.78 Å². The van der Waals surface area contributed by atoms with Gasteiger partial charge in [-0.1, -0.05) is 72.8 Å². The number of benzene rings is 3. The minimum atomic E-state index is -0.0520. The van der Waals surface area contributed by atoms with Gasteiger partial charge < -0.3 is 0 Å². The van der Waals surface area contributed by atoms with E-state index in [2.05, 4.69) is 24.3 Å². The molecule has 1 fully saturated rings. The van der Waals surface area contributed by atoms with E-state index >= 15 is 0 Å². The van der Waals surface area contributed by atoms with Crippen LogP contribution in [0.4, 0.5) is 0 Å². The van der Waals surface area contributed by atoms with Crippen LogP contribution in [0, 0.1) is 5.92 Å². The Balaban J connectivity index is 1.76. The fraction of sp³-hybridized carbons (Fsp3) is 0.250. The summed E-state index contributed by atoms with van der Waals surface area (Å²) in [6.45, 7) is 0. The summed E-state index contributed by atoms with van der Waals surface area (Å²) < 4.78 is 0. The standard InChI is InChI=1S/C24H22O2/c25-23-15-7-14-21(23)22(16-24(26)18-9-2-1-3-10-18)20-13-6-11-17-8-4-5-12-19(17)20/h1-6,8-13,21-22H,7,14-16H2/t21-,22+/m0/s1. The van der Waals surface area contributed by atoms with Crippen LogP contribution in [0.1, 0.15) is 47.5 Å². The van der Waals surface area contributed by atoms with E-state index in [4.69, 9.17) is 0 Å². The number of ketones is 2. The molecule has 3 aromatic carbocycles. The minimum absolute atomic E-state index is 0.0477. The van der Waals surface area contributed by atoms with Crippen molar-refractivity contribution in [2.75, 3.05) is 0 Å². The Morgan fingerprint density at radius 3 is 2.42 bits per heavy atom. The van der Waals surface area contributed by atoms with Crippen molar-refractivity contribution >= 4 is 22.3 Å². The first-order chi connectivity index (χ1) is 12.7. The molecule has 3 aromatic rings. The number of fused-ring (bicyclic) bond motifs is 1. The Labute approximate surface area is 153 Å². The smallest absolute Gasteiger partial charge is 0.163 e. The predicted molar refractivity (Wildman–Crippen MR) is 104 cm³/mol. The fourth-order valence-electron chi connectivity index (χ4n) is 4.25. The van der Waals surface area contributed by atoms with Gasteiger partial charge in [-0.05, 0) is 29.2 Å². The van der Waals surface area contributed by atoms with Crippen molar-refractivity contribution in [3.05, 3.63) is 83.9 Å². The average Bonchev–Trinajstić information content (AvgIpc) is 3.12. The molecule has 0 radical (unpaired) electrons. The molecule has 0 N–H and O–H groups in total. The second-order valence-corrected chi connectivity index (χ2v) is 7.13. The third-order valence-electron chi connectivity index (χ3n) is 5.56. The SMILES string of the molecule is O=C(C[C@H](c1cccc2ccccc12)[C@@H]1CCCC1=O)c1ccccc1. The van der Waals surface area contributed by atoms with Gasteiger partial charge >= 0.3 is 0 Å². The van der Waals surface area contributed by atoms with E-state index in [1.54, 1.807) is 0 Å². The highest BCUT2D eigenvalue weighted by Gasteiger charge is 2.35. The van der Waals surface area contributed by atoms with Crippen LogP contribution in [0.25, 0.3) is 10.8 Å². The first-order valence-electron chi connectivity index (χ1n) is 9.32. The monoisotopic (exact) mass is 342 g/mol. The zero-order valence-corrected chi connectivity index (χ0v) is 14.7. The first-order valence-corrected chi connectivity index (χ1v) is 9.32. The van der Waals surface area contributed by atoms with Gasteiger partial charge in [0.2, 0.25) is 0 Å². The minimum Gasteiger partial charge on any atom is -0.299 e. The van der Waals surface area contributed by atoms with E-state index in [0.29, 0.717) is 18.6 Å². The summed E-state index contributed by atoms with van der Waals surface area (Å²) >= 11 is 0. The molecule has 0 unspecified atom stereocenters. The molecule has 0 spiro atoms. The normalized spacial score (nSPS) is 18.2. The van der Waals surface area contributed by atoms with Gasteiger partial charge in [-0.25, -0.2) is 0 Å². The molecule has 0 aromatic heterocycles. The molecule has 2 heteroatoms. The lowest BCUT2D eigenvalue weighted by atomic mass is 9.78. The zero-order valence-electron chi connectivity index (χ0n) is 14.7. The zero-order chi connectivity index (χ0) is 17.9. The van der Waals surface area contributed by atoms with Crippen LogP contribution in [0.5, 0.6) is 0 Å². The number of hydrogen-bond donors (Lipinski definition) is 0. The number of carbonyl (C=O) groups is 2. The molecule has 1 aliphatic carbocycles. The maximum atomic E-state index is 12.9. The van der Waals surface area contributed by atoms with Crippen molar-refractivity contribution in [3.8, 4) is 0 Å². The van der Waals surface area contributed by atoms with E-state index in [9.17, 15) is 9.59 Å². The van der Waals surface area contributed by atoms with Gasteiger partial charge in [0.25, 0.3) is 0 Å². The summed E-state index contributed by atoms with van der Waals surface area (Å²) in [4.78, 5) is 25.4. The second kappa shape index (κ2) is 7.25. The summed E-state index contributed by atoms with van der Waals surface area (Å²) in [6.07, 6.45) is 2.85. The highest BCUT2D eigenvalue weighted by atomic mass is 16.1. The number of Topliss-reactive ketones (excluding diaryl/α,β-unsaturated/α-hetero) is 2. The molecule has 0 bridgehead atoms. The Morgan fingerprint density at radius 1 is 0.923 bits per heavy atom. The molecule has 130 valence electrons. The van der Waals surface area contributed by atoms with E-state index in [-0.39, 0.29) is 17.6 Å². The third kappa shape index (κ3) is 3.20. The topological polar surface area (TPSA) is 34.1 Å². The van der Waals surface area contributed by atoms with Crippen molar-refractivity contribution in [1.82, 2.24) is 0 Å². The molecule has 0 heterocycles. The number of carbonyl (C=O) groups excluding carboxylic acids is 2. The van der Waals surface area contributed by atoms with E-state index in [0.717, 1.165) is 34.7 Å². The molecule has 0 amide bonds. The maximum absolute atomic E-state index is 12.9. The Hall–Kier alpha value is -2.74. The van der Waals surface area contributed by atoms with Gasteiger partial charge in [-0.2, -0.15) is 0 Å². The summed E-state index contributed by atoms with van der Waals surface area (Å²) in [5.74, 6) is 0.323. The lowest BCUT2D eigenvalue weighted by molar-refractivity contribution is -0.121. The average molecular weight is 342 g/mol. The Kier molecular flexibility index (Phi) is 4.66. The largest absolute Gasteiger partial charge is 0.299 e. The first kappa shape index (κ1) is 16.7. The predicted octanol–water partition coefficient (Wildman–Crippen LogP) is 5.57. The molecule has 0 aliphatic heterocycles. The van der Waals surface area contributed by atoms with Crippen LogP contribution in [-0.2, 0) is 4.79 Å². The lowest BCUT2D eigenvalue weighted by Crippen LogP contribution is -2.20. The molecule has 26 heavy (non-hydrogen) atoms. The third-order valence-corrected chi connectivity index (χ3v) is 5.56. The fourth-order valence-corrected chi connectivity index (χ4v) is 4.25. The molecule has 2 nitrogen and oxygen atoms in total. The summed E-state index contributed by atoms with van der Waals surface area (Å²) in [6, 6.07) is 23.9. The van der Waals surface area contributed by atoms with Crippen LogP contribution in [0.15, 0.2) is 72.8 Å². The molecular formula is C24H22O2. The molecule has 0 saturated heterocycles. The van der Waals surface area contributed by atoms with Crippen LogP contribution < -0.4 is 0 Å². The van der Waals surface area contributed by atoms with Gasteiger partial charge in [0, 0.05) is 30.2 Å². The van der Waals surface area contributed by atoms with Crippen LogP contribution in [-0.4, -0.2) is 11.6 Å². The maximum Gasteiger partial charge on any atom is 0.163 e. The summed E-state index contributed by atoms with van der Waals surface area (Å²) in [7, 11) is 0. The van der Waals surface area contributed by atoms with Crippen LogP contribution in [0.3, 0.4) is 0 Å². The Morgan fingerprint density at radius 2 is 1.65 bits per heavy atom. The molecular weight excluding hydrogens is 320 g/mol. The Bertz CT molecular complexity index is 937. The molecule has 1 saturated carbocycles. The lowest BCUT2D eigenvalue weighted by Gasteiger charge is -2.24. The number of rotatable bonds is 5. The molecule has 4 rings (SSSR count). The molecule has 1 aliphatic rings. The summed E-state index contributed by atoms with van der Waals surface area (Å²) in [5.41, 5.74) is 1.86. The second-order valence-electron chi connectivity index (χ2n) is 7.13. The number of hydrogen-bond acceptors (Lipinski definition) is 2. The summed E-state index contributed by atoms with van der Waals surface area (Å²) in [5, 5.41) is 2.31. The van der Waals surface area contributed by atoms with Gasteiger partial charge in [-0.3, -0.25) is 9.59 Å². The van der Waals surface area contributed by atoms with Crippen molar-refractivity contribution in [2.24, 2.45) is 5.92 Å². The van der Waals surface area contributed by atoms with Gasteiger partial charge in [-0.15, -0.1) is 0 Å². The van der Waals surface area contributed by atoms with Gasteiger partial charge in [0.05, 0.1) is 0 Å². The van der Waals surface area contributed by atoms with E-state index < -0.39 is 0 Å². The molecule has 2 atom stereocenters. The van der Waals surface area contributed by atoms with E-state index in [1.807, 2.05) is 48.5 Å². The van der Waals surface area contributed by atoms with Crippen molar-refractivity contribution in [2.45, 2.75) is 31.6 Å². The quantitative estimate of drug-likeness (QED) is 0.568. The van der Waals surface area contributed by atoms with Crippen molar-refractivity contribution in [3.63, 3.8) is 0 Å². The van der Waals surface area contributed by atoms with Crippen molar-refractivity contribution in [1.29, 1.82) is 0 Å². The van der Waals surface area contributed by atoms with Crippen LogP contribution in [0.2, 0.25) is 0 Å². The van der Waals surface area contributed by atoms with E-state index in [1.165, 1.54) is 0 Å².